The highest BCUT2D eigenvalue weighted by Gasteiger charge is 2.20. The van der Waals surface area contributed by atoms with Crippen LogP contribution in [0.25, 0.3) is 0 Å². The number of ether oxygens (including phenoxy) is 1. The van der Waals surface area contributed by atoms with Crippen LogP contribution < -0.4 is 4.72 Å². The first-order valence-electron chi connectivity index (χ1n) is 5.09. The predicted molar refractivity (Wildman–Crippen MR) is 65.6 cm³/mol. The van der Waals surface area contributed by atoms with Crippen molar-refractivity contribution < 1.29 is 17.9 Å². The minimum Gasteiger partial charge on any atom is -0.465 e. The van der Waals surface area contributed by atoms with Gasteiger partial charge in [0.1, 0.15) is 6.54 Å². The first-order chi connectivity index (χ1) is 7.86. The quantitative estimate of drug-likeness (QED) is 0.821. The van der Waals surface area contributed by atoms with Crippen LogP contribution in [0, 0.1) is 13.8 Å². The van der Waals surface area contributed by atoms with Crippen molar-refractivity contribution in [1.29, 1.82) is 0 Å². The van der Waals surface area contributed by atoms with Gasteiger partial charge >= 0.3 is 5.97 Å². The van der Waals surface area contributed by atoms with Crippen LogP contribution in [0.5, 0.6) is 0 Å². The number of aryl methyl sites for hydroxylation is 2. The molecule has 1 aromatic rings. The van der Waals surface area contributed by atoms with Gasteiger partial charge in [-0.25, -0.2) is 8.42 Å². The minimum atomic E-state index is -3.62. The zero-order valence-electron chi connectivity index (χ0n) is 9.94. The fourth-order valence-corrected chi connectivity index (χ4v) is 3.84. The number of hydrogen-bond acceptors (Lipinski definition) is 5. The molecule has 1 rings (SSSR count). The Kier molecular flexibility index (Phi) is 4.67. The van der Waals surface area contributed by atoms with Gasteiger partial charge in [0, 0.05) is 9.75 Å². The highest BCUT2D eigenvalue weighted by atomic mass is 32.2. The predicted octanol–water partition coefficient (Wildman–Crippen LogP) is 1.21. The van der Waals surface area contributed by atoms with E-state index in [1.54, 1.807) is 19.9 Å². The molecule has 0 amide bonds. The molecule has 0 spiro atoms. The summed E-state index contributed by atoms with van der Waals surface area (Å²) in [5, 5.41) is 0. The zero-order chi connectivity index (χ0) is 13.1. The summed E-state index contributed by atoms with van der Waals surface area (Å²) in [6.07, 6.45) is 0. The van der Waals surface area contributed by atoms with Crippen molar-refractivity contribution >= 4 is 27.3 Å². The molecular weight excluding hydrogens is 262 g/mol. The average molecular weight is 277 g/mol. The second kappa shape index (κ2) is 5.61. The maximum atomic E-state index is 11.9. The number of carbonyl (C=O) groups is 1. The lowest BCUT2D eigenvalue weighted by atomic mass is 10.4. The Morgan fingerprint density at radius 3 is 2.59 bits per heavy atom. The molecule has 0 radical (unpaired) electrons. The van der Waals surface area contributed by atoms with Gasteiger partial charge in [-0.2, -0.15) is 4.72 Å². The van der Waals surface area contributed by atoms with Gasteiger partial charge in [0.2, 0.25) is 10.0 Å². The van der Waals surface area contributed by atoms with Crippen LogP contribution >= 0.6 is 11.3 Å². The summed E-state index contributed by atoms with van der Waals surface area (Å²) in [6.45, 7) is 5.12. The summed E-state index contributed by atoms with van der Waals surface area (Å²) < 4.78 is 30.6. The van der Waals surface area contributed by atoms with Crippen molar-refractivity contribution in [2.24, 2.45) is 0 Å². The highest BCUT2D eigenvalue weighted by Crippen LogP contribution is 2.24. The summed E-state index contributed by atoms with van der Waals surface area (Å²) in [5.41, 5.74) is 0. The molecule has 7 heteroatoms. The summed E-state index contributed by atoms with van der Waals surface area (Å²) in [6, 6.07) is 1.59. The normalized spacial score (nSPS) is 11.5. The highest BCUT2D eigenvalue weighted by molar-refractivity contribution is 7.89. The van der Waals surface area contributed by atoms with Crippen LogP contribution in [0.3, 0.4) is 0 Å². The van der Waals surface area contributed by atoms with E-state index in [2.05, 4.69) is 9.46 Å². The molecule has 5 nitrogen and oxygen atoms in total. The van der Waals surface area contributed by atoms with Gasteiger partial charge in [0.15, 0.2) is 0 Å². The van der Waals surface area contributed by atoms with Gasteiger partial charge in [0.25, 0.3) is 0 Å². The van der Waals surface area contributed by atoms with Crippen LogP contribution in [-0.4, -0.2) is 27.5 Å². The van der Waals surface area contributed by atoms with E-state index < -0.39 is 16.0 Å². The Hall–Kier alpha value is -0.920. The molecule has 0 saturated heterocycles. The van der Waals surface area contributed by atoms with Crippen molar-refractivity contribution in [2.45, 2.75) is 25.7 Å². The van der Waals surface area contributed by atoms with Crippen molar-refractivity contribution in [3.63, 3.8) is 0 Å². The van der Waals surface area contributed by atoms with Crippen molar-refractivity contribution in [1.82, 2.24) is 4.72 Å². The van der Waals surface area contributed by atoms with Crippen molar-refractivity contribution in [3.05, 3.63) is 15.8 Å². The number of carbonyl (C=O) groups excluding carboxylic acids is 1. The van der Waals surface area contributed by atoms with E-state index in [0.717, 1.165) is 4.88 Å². The summed E-state index contributed by atoms with van der Waals surface area (Å²) in [4.78, 5) is 12.9. The van der Waals surface area contributed by atoms with E-state index in [4.69, 9.17) is 0 Å². The largest absolute Gasteiger partial charge is 0.465 e. The van der Waals surface area contributed by atoms with E-state index in [1.165, 1.54) is 11.3 Å². The summed E-state index contributed by atoms with van der Waals surface area (Å²) >= 11 is 1.41. The third kappa shape index (κ3) is 3.79. The number of rotatable bonds is 5. The Balaban J connectivity index is 2.76. The fourth-order valence-electron chi connectivity index (χ4n) is 1.32. The average Bonchev–Trinajstić information content (AvgIpc) is 2.56. The lowest BCUT2D eigenvalue weighted by Gasteiger charge is -2.05. The van der Waals surface area contributed by atoms with Crippen LogP contribution in [-0.2, 0) is 19.6 Å². The smallest absolute Gasteiger partial charge is 0.321 e. The number of thiophene rings is 1. The number of sulfonamides is 1. The fraction of sp³-hybridized carbons (Fsp3) is 0.500. The van der Waals surface area contributed by atoms with Crippen LogP contribution in [0.4, 0.5) is 0 Å². The van der Waals surface area contributed by atoms with Crippen LogP contribution in [0.15, 0.2) is 11.0 Å². The van der Waals surface area contributed by atoms with E-state index in [-0.39, 0.29) is 18.0 Å². The number of hydrogen-bond donors (Lipinski definition) is 1. The second-order valence-electron chi connectivity index (χ2n) is 3.41. The van der Waals surface area contributed by atoms with Gasteiger partial charge in [-0.15, -0.1) is 11.3 Å². The maximum Gasteiger partial charge on any atom is 0.321 e. The molecule has 1 N–H and O–H groups in total. The molecule has 0 fully saturated rings. The molecule has 0 unspecified atom stereocenters. The van der Waals surface area contributed by atoms with E-state index >= 15 is 0 Å². The first kappa shape index (κ1) is 14.1. The monoisotopic (exact) mass is 277 g/mol. The molecule has 96 valence electrons. The zero-order valence-corrected chi connectivity index (χ0v) is 11.6. The molecule has 17 heavy (non-hydrogen) atoms. The van der Waals surface area contributed by atoms with Gasteiger partial charge in [-0.3, -0.25) is 4.79 Å². The molecular formula is C10H15NO4S2. The third-order valence-electron chi connectivity index (χ3n) is 2.00. The van der Waals surface area contributed by atoms with Crippen LogP contribution in [0.1, 0.15) is 16.7 Å². The van der Waals surface area contributed by atoms with Crippen molar-refractivity contribution in [3.8, 4) is 0 Å². The molecule has 0 atom stereocenters. The molecule has 0 saturated carbocycles. The third-order valence-corrected chi connectivity index (χ3v) is 4.62. The topological polar surface area (TPSA) is 72.5 Å². The van der Waals surface area contributed by atoms with Gasteiger partial charge in [0.05, 0.1) is 11.5 Å². The summed E-state index contributed by atoms with van der Waals surface area (Å²) in [7, 11) is -3.62. The second-order valence-corrected chi connectivity index (χ2v) is 6.60. The first-order valence-corrected chi connectivity index (χ1v) is 7.39. The van der Waals surface area contributed by atoms with E-state index in [9.17, 15) is 13.2 Å². The van der Waals surface area contributed by atoms with Gasteiger partial charge in [-0.1, -0.05) is 0 Å². The molecule has 0 aliphatic heterocycles. The summed E-state index contributed by atoms with van der Waals surface area (Å²) in [5.74, 6) is -0.583. The van der Waals surface area contributed by atoms with Gasteiger partial charge < -0.3 is 4.74 Å². The lowest BCUT2D eigenvalue weighted by Crippen LogP contribution is -2.30. The molecule has 0 aliphatic rings. The molecule has 0 bridgehead atoms. The van der Waals surface area contributed by atoms with Crippen molar-refractivity contribution in [2.75, 3.05) is 13.2 Å². The Labute approximate surface area is 105 Å². The Morgan fingerprint density at radius 1 is 1.47 bits per heavy atom. The van der Waals surface area contributed by atoms with E-state index in [0.29, 0.717) is 4.88 Å². The molecule has 0 aliphatic carbocycles. The standard InChI is InChI=1S/C10H15NO4S2/c1-4-15-10(12)6-11-17(13,14)9-5-7(2)16-8(9)3/h5,11H,4,6H2,1-3H3. The Bertz CT molecular complexity index is 504. The lowest BCUT2D eigenvalue weighted by molar-refractivity contribution is -0.141. The Morgan fingerprint density at radius 2 is 2.12 bits per heavy atom. The number of nitrogens with one attached hydrogen (secondary N) is 1. The molecule has 0 aromatic carbocycles. The molecule has 1 aromatic heterocycles. The van der Waals surface area contributed by atoms with E-state index in [1.807, 2.05) is 6.92 Å². The van der Waals surface area contributed by atoms with Crippen LogP contribution in [0.2, 0.25) is 0 Å². The molecule has 1 heterocycles. The van der Waals surface area contributed by atoms with Gasteiger partial charge in [-0.05, 0) is 26.8 Å². The number of esters is 1. The minimum absolute atomic E-state index is 0.226. The maximum absolute atomic E-state index is 11.9. The SMILES string of the molecule is CCOC(=O)CNS(=O)(=O)c1cc(C)sc1C.